The molecule has 6 nitrogen and oxygen atoms in total. The topological polar surface area (TPSA) is 75.5 Å². The number of nitro benzene ring substituents is 1. The number of hydrogen-bond donors (Lipinski definition) is 1. The molecule has 1 amide bonds. The van der Waals surface area contributed by atoms with E-state index in [0.717, 1.165) is 6.42 Å². The predicted octanol–water partition coefficient (Wildman–Crippen LogP) is 1.57. The van der Waals surface area contributed by atoms with E-state index in [1.165, 1.54) is 6.07 Å². The molecule has 1 N–H and O–H groups in total. The highest BCUT2D eigenvalue weighted by molar-refractivity contribution is 6.30. The summed E-state index contributed by atoms with van der Waals surface area (Å²) < 4.78 is 0. The Hall–Kier alpha value is -1.66. The molecule has 1 atom stereocenters. The average Bonchev–Trinajstić information content (AvgIpc) is 2.68. The number of carbonyl (C=O) groups is 1. The molecule has 0 radical (unpaired) electrons. The lowest BCUT2D eigenvalue weighted by molar-refractivity contribution is -0.385. The standard InChI is InChI=1S/C12H14ClN3O3/c1-15-5-4-10(12(15)17)14-7-8-2-3-9(13)6-11(8)16(18)19/h2-3,6,10,14H,4-5,7H2,1H3. The summed E-state index contributed by atoms with van der Waals surface area (Å²) in [5, 5.41) is 14.3. The van der Waals surface area contributed by atoms with Crippen LogP contribution in [-0.4, -0.2) is 35.4 Å². The summed E-state index contributed by atoms with van der Waals surface area (Å²) in [6.07, 6.45) is 0.719. The van der Waals surface area contributed by atoms with E-state index in [2.05, 4.69) is 5.32 Å². The largest absolute Gasteiger partial charge is 0.344 e. The van der Waals surface area contributed by atoms with Crippen LogP contribution in [0.1, 0.15) is 12.0 Å². The van der Waals surface area contributed by atoms with Crippen LogP contribution < -0.4 is 5.32 Å². The Morgan fingerprint density at radius 2 is 2.32 bits per heavy atom. The average molecular weight is 284 g/mol. The second-order valence-corrected chi connectivity index (χ2v) is 4.95. The number of rotatable bonds is 4. The number of nitrogens with one attached hydrogen (secondary N) is 1. The second kappa shape index (κ2) is 5.54. The molecule has 19 heavy (non-hydrogen) atoms. The van der Waals surface area contributed by atoms with Crippen LogP contribution >= 0.6 is 11.6 Å². The summed E-state index contributed by atoms with van der Waals surface area (Å²) >= 11 is 5.74. The maximum Gasteiger partial charge on any atom is 0.275 e. The van der Waals surface area contributed by atoms with E-state index in [0.29, 0.717) is 17.1 Å². The molecule has 0 bridgehead atoms. The van der Waals surface area contributed by atoms with Crippen LogP contribution in [0.4, 0.5) is 5.69 Å². The Kier molecular flexibility index (Phi) is 4.01. The number of amides is 1. The zero-order chi connectivity index (χ0) is 14.0. The first kappa shape index (κ1) is 13.8. The maximum absolute atomic E-state index is 11.7. The van der Waals surface area contributed by atoms with E-state index in [-0.39, 0.29) is 24.2 Å². The zero-order valence-corrected chi connectivity index (χ0v) is 11.2. The normalized spacial score (nSPS) is 18.9. The van der Waals surface area contributed by atoms with Crippen LogP contribution in [0.25, 0.3) is 0 Å². The van der Waals surface area contributed by atoms with Gasteiger partial charge in [0.25, 0.3) is 5.69 Å². The van der Waals surface area contributed by atoms with Crippen LogP contribution in [0.2, 0.25) is 5.02 Å². The number of carbonyl (C=O) groups excluding carboxylic acids is 1. The van der Waals surface area contributed by atoms with Crippen LogP contribution in [0.15, 0.2) is 18.2 Å². The Bertz CT molecular complexity index is 521. The zero-order valence-electron chi connectivity index (χ0n) is 10.4. The first-order chi connectivity index (χ1) is 8.99. The molecule has 0 aliphatic carbocycles. The molecule has 0 saturated carbocycles. The third-order valence-electron chi connectivity index (χ3n) is 3.21. The highest BCUT2D eigenvalue weighted by Crippen LogP contribution is 2.23. The van der Waals surface area contributed by atoms with Gasteiger partial charge in [-0.25, -0.2) is 0 Å². The smallest absolute Gasteiger partial charge is 0.275 e. The fourth-order valence-electron chi connectivity index (χ4n) is 2.10. The molecule has 1 fully saturated rings. The van der Waals surface area contributed by atoms with Crippen molar-refractivity contribution in [2.24, 2.45) is 0 Å². The molecular weight excluding hydrogens is 270 g/mol. The Morgan fingerprint density at radius 1 is 1.58 bits per heavy atom. The molecule has 1 aliphatic rings. The van der Waals surface area contributed by atoms with Gasteiger partial charge in [0.15, 0.2) is 0 Å². The number of likely N-dealkylation sites (N-methyl/N-ethyl adjacent to an activating group) is 1. The molecule has 102 valence electrons. The lowest BCUT2D eigenvalue weighted by Crippen LogP contribution is -2.36. The van der Waals surface area contributed by atoms with Crippen molar-refractivity contribution in [2.75, 3.05) is 13.6 Å². The minimum Gasteiger partial charge on any atom is -0.344 e. The van der Waals surface area contributed by atoms with Gasteiger partial charge in [-0.2, -0.15) is 0 Å². The van der Waals surface area contributed by atoms with Gasteiger partial charge < -0.3 is 10.2 Å². The molecule has 1 aliphatic heterocycles. The third kappa shape index (κ3) is 3.02. The van der Waals surface area contributed by atoms with Crippen LogP contribution in [0.5, 0.6) is 0 Å². The van der Waals surface area contributed by atoms with E-state index in [9.17, 15) is 14.9 Å². The number of nitrogens with zero attached hydrogens (tertiary/aromatic N) is 2. The Morgan fingerprint density at radius 3 is 2.89 bits per heavy atom. The van der Waals surface area contributed by atoms with Crippen molar-refractivity contribution in [1.29, 1.82) is 0 Å². The van der Waals surface area contributed by atoms with Gasteiger partial charge in [-0.3, -0.25) is 14.9 Å². The van der Waals surface area contributed by atoms with Crippen LogP contribution in [-0.2, 0) is 11.3 Å². The van der Waals surface area contributed by atoms with Crippen molar-refractivity contribution in [3.63, 3.8) is 0 Å². The monoisotopic (exact) mass is 283 g/mol. The van der Waals surface area contributed by atoms with Crippen LogP contribution in [0.3, 0.4) is 0 Å². The van der Waals surface area contributed by atoms with E-state index in [4.69, 9.17) is 11.6 Å². The van der Waals surface area contributed by atoms with Gasteiger partial charge in [0, 0.05) is 36.8 Å². The summed E-state index contributed by atoms with van der Waals surface area (Å²) in [5.41, 5.74) is 0.496. The van der Waals surface area contributed by atoms with Gasteiger partial charge in [0.2, 0.25) is 5.91 Å². The first-order valence-electron chi connectivity index (χ1n) is 5.90. The van der Waals surface area contributed by atoms with Gasteiger partial charge in [-0.1, -0.05) is 11.6 Å². The van der Waals surface area contributed by atoms with Crippen LogP contribution in [0, 0.1) is 10.1 Å². The molecule has 1 heterocycles. The summed E-state index contributed by atoms with van der Waals surface area (Å²) in [4.78, 5) is 23.8. The Labute approximate surface area is 115 Å². The lowest BCUT2D eigenvalue weighted by atomic mass is 10.1. The number of nitro groups is 1. The van der Waals surface area contributed by atoms with E-state index < -0.39 is 4.92 Å². The summed E-state index contributed by atoms with van der Waals surface area (Å²) in [7, 11) is 1.74. The van der Waals surface area contributed by atoms with Crippen molar-refractivity contribution < 1.29 is 9.72 Å². The van der Waals surface area contributed by atoms with Crippen molar-refractivity contribution in [1.82, 2.24) is 10.2 Å². The van der Waals surface area contributed by atoms with E-state index >= 15 is 0 Å². The summed E-state index contributed by atoms with van der Waals surface area (Å²) in [6, 6.07) is 4.27. The van der Waals surface area contributed by atoms with E-state index in [1.54, 1.807) is 24.1 Å². The number of likely N-dealkylation sites (tertiary alicyclic amines) is 1. The SMILES string of the molecule is CN1CCC(NCc2ccc(Cl)cc2[N+](=O)[O-])C1=O. The molecule has 2 rings (SSSR count). The van der Waals surface area contributed by atoms with Gasteiger partial charge in [-0.05, 0) is 18.6 Å². The predicted molar refractivity (Wildman–Crippen MR) is 71.0 cm³/mol. The molecule has 0 aromatic heterocycles. The minimum absolute atomic E-state index is 0.0246. The van der Waals surface area contributed by atoms with Gasteiger partial charge in [0.05, 0.1) is 11.0 Å². The van der Waals surface area contributed by atoms with Crippen molar-refractivity contribution in [2.45, 2.75) is 19.0 Å². The first-order valence-corrected chi connectivity index (χ1v) is 6.28. The quantitative estimate of drug-likeness (QED) is 0.672. The summed E-state index contributed by atoms with van der Waals surface area (Å²) in [5.74, 6) is 0.0246. The third-order valence-corrected chi connectivity index (χ3v) is 3.45. The number of benzene rings is 1. The molecular formula is C12H14ClN3O3. The molecule has 1 unspecified atom stereocenters. The fraction of sp³-hybridized carbons (Fsp3) is 0.417. The highest BCUT2D eigenvalue weighted by atomic mass is 35.5. The van der Waals surface area contributed by atoms with Crippen molar-refractivity contribution in [3.05, 3.63) is 38.9 Å². The molecule has 0 spiro atoms. The second-order valence-electron chi connectivity index (χ2n) is 4.51. The maximum atomic E-state index is 11.7. The highest BCUT2D eigenvalue weighted by Gasteiger charge is 2.28. The number of hydrogen-bond acceptors (Lipinski definition) is 4. The Balaban J connectivity index is 2.08. The molecule has 1 aromatic rings. The molecule has 1 aromatic carbocycles. The van der Waals surface area contributed by atoms with Crippen molar-refractivity contribution >= 4 is 23.2 Å². The van der Waals surface area contributed by atoms with E-state index in [1.807, 2.05) is 0 Å². The lowest BCUT2D eigenvalue weighted by Gasteiger charge is -2.12. The molecule has 1 saturated heterocycles. The minimum atomic E-state index is -0.467. The van der Waals surface area contributed by atoms with Gasteiger partial charge in [0.1, 0.15) is 0 Å². The van der Waals surface area contributed by atoms with Crippen molar-refractivity contribution in [3.8, 4) is 0 Å². The van der Waals surface area contributed by atoms with Gasteiger partial charge >= 0.3 is 0 Å². The summed E-state index contributed by atoms with van der Waals surface area (Å²) in [6.45, 7) is 0.983. The molecule has 7 heteroatoms. The van der Waals surface area contributed by atoms with Gasteiger partial charge in [-0.15, -0.1) is 0 Å². The number of halogens is 1. The fourth-order valence-corrected chi connectivity index (χ4v) is 2.27.